The molecule has 0 saturated carbocycles. The minimum absolute atomic E-state index is 0.0598. The number of aliphatic imine (C=N–C) groups is 2. The summed E-state index contributed by atoms with van der Waals surface area (Å²) in [4.78, 5) is 36.2. The minimum Gasteiger partial charge on any atom is -0.325 e. The number of hydrogen-bond donors (Lipinski definition) is 1. The van der Waals surface area contributed by atoms with Crippen molar-refractivity contribution in [3.63, 3.8) is 0 Å². The fraction of sp³-hybridized carbons (Fsp3) is 0.273. The van der Waals surface area contributed by atoms with Gasteiger partial charge >= 0.3 is 0 Å². The van der Waals surface area contributed by atoms with E-state index in [0.717, 1.165) is 11.3 Å². The maximum absolute atomic E-state index is 13.0. The van der Waals surface area contributed by atoms with Gasteiger partial charge in [-0.1, -0.05) is 37.7 Å². The first kappa shape index (κ1) is 20.3. The van der Waals surface area contributed by atoms with E-state index in [1.807, 2.05) is 24.3 Å². The second kappa shape index (κ2) is 8.39. The lowest BCUT2D eigenvalue weighted by Crippen LogP contribution is -2.41. The van der Waals surface area contributed by atoms with Gasteiger partial charge in [0.1, 0.15) is 17.7 Å². The highest BCUT2D eigenvalue weighted by Crippen LogP contribution is 2.34. The molecule has 0 radical (unpaired) electrons. The van der Waals surface area contributed by atoms with Crippen LogP contribution in [0.4, 0.5) is 15.8 Å². The van der Waals surface area contributed by atoms with Gasteiger partial charge in [0.15, 0.2) is 5.17 Å². The quantitative estimate of drug-likeness (QED) is 0.782. The summed E-state index contributed by atoms with van der Waals surface area (Å²) in [7, 11) is 0. The van der Waals surface area contributed by atoms with Crippen LogP contribution in [0, 0.1) is 11.7 Å². The van der Waals surface area contributed by atoms with Crippen LogP contribution >= 0.6 is 11.8 Å². The number of halogens is 1. The minimum atomic E-state index is -0.440. The molecule has 2 aromatic rings. The number of carbonyl (C=O) groups is 2. The Kier molecular flexibility index (Phi) is 5.67. The first-order chi connectivity index (χ1) is 14.4. The van der Waals surface area contributed by atoms with Gasteiger partial charge in [-0.15, -0.1) is 0 Å². The van der Waals surface area contributed by atoms with Gasteiger partial charge in [-0.2, -0.15) is 0 Å². The Balaban J connectivity index is 1.53. The summed E-state index contributed by atoms with van der Waals surface area (Å²) in [5, 5.41) is 3.16. The van der Waals surface area contributed by atoms with Crippen LogP contribution in [0.5, 0.6) is 0 Å². The average Bonchev–Trinajstić information content (AvgIpc) is 3.04. The molecule has 2 aromatic carbocycles. The SMILES string of the molecule is CC(C)C[C@H]1N=C2c3ccccc3N=C(SCC(=O)Nc3ccc(F)cc3)N2C1=O. The van der Waals surface area contributed by atoms with E-state index >= 15 is 0 Å². The number of hydrogen-bond acceptors (Lipinski definition) is 5. The third-order valence-electron chi connectivity index (χ3n) is 4.70. The van der Waals surface area contributed by atoms with Crippen LogP contribution in [0.25, 0.3) is 0 Å². The van der Waals surface area contributed by atoms with Crippen molar-refractivity contribution in [2.45, 2.75) is 26.3 Å². The van der Waals surface area contributed by atoms with Crippen molar-refractivity contribution in [1.82, 2.24) is 4.90 Å². The van der Waals surface area contributed by atoms with E-state index in [0.29, 0.717) is 29.0 Å². The lowest BCUT2D eigenvalue weighted by molar-refractivity contribution is -0.125. The third-order valence-corrected chi connectivity index (χ3v) is 5.64. The molecule has 2 aliphatic rings. The predicted molar refractivity (Wildman–Crippen MR) is 118 cm³/mol. The molecule has 154 valence electrons. The molecular formula is C22H21FN4O2S. The number of nitrogens with one attached hydrogen (secondary N) is 1. The number of amides is 2. The standard InChI is InChI=1S/C22H21FN4O2S/c1-13(2)11-18-21(29)27-20(25-18)16-5-3-4-6-17(16)26-22(27)30-12-19(28)24-15-9-7-14(23)8-10-15/h3-10,13,18H,11-12H2,1-2H3,(H,24,28)/t18-/m1/s1. The van der Waals surface area contributed by atoms with Gasteiger partial charge in [0.2, 0.25) is 5.91 Å². The van der Waals surface area contributed by atoms with Crippen LogP contribution in [-0.4, -0.2) is 39.5 Å². The van der Waals surface area contributed by atoms with E-state index in [4.69, 9.17) is 0 Å². The number of anilines is 1. The molecule has 0 aliphatic carbocycles. The summed E-state index contributed by atoms with van der Waals surface area (Å²) in [6, 6.07) is 12.7. The zero-order valence-electron chi connectivity index (χ0n) is 16.6. The Hall–Kier alpha value is -3.00. The van der Waals surface area contributed by atoms with Crippen molar-refractivity contribution >= 4 is 46.0 Å². The molecule has 8 heteroatoms. The maximum Gasteiger partial charge on any atom is 0.259 e. The van der Waals surface area contributed by atoms with Crippen molar-refractivity contribution < 1.29 is 14.0 Å². The number of carbonyl (C=O) groups excluding carboxylic acids is 2. The zero-order valence-corrected chi connectivity index (χ0v) is 17.4. The first-order valence-corrected chi connectivity index (χ1v) is 10.7. The Morgan fingerprint density at radius 3 is 2.67 bits per heavy atom. The van der Waals surface area contributed by atoms with Gasteiger partial charge in [0.05, 0.1) is 11.4 Å². The summed E-state index contributed by atoms with van der Waals surface area (Å²) in [5.74, 6) is 0.236. The topological polar surface area (TPSA) is 74.1 Å². The Morgan fingerprint density at radius 1 is 1.20 bits per heavy atom. The highest BCUT2D eigenvalue weighted by atomic mass is 32.2. The second-order valence-electron chi connectivity index (χ2n) is 7.53. The Morgan fingerprint density at radius 2 is 1.93 bits per heavy atom. The number of rotatable bonds is 5. The number of thioether (sulfide) groups is 1. The van der Waals surface area contributed by atoms with Crippen LogP contribution in [0.15, 0.2) is 58.5 Å². The zero-order chi connectivity index (χ0) is 21.3. The van der Waals surface area contributed by atoms with Crippen molar-refractivity contribution in [3.8, 4) is 0 Å². The Bertz CT molecular complexity index is 1050. The molecular weight excluding hydrogens is 403 g/mol. The molecule has 1 N–H and O–H groups in total. The molecule has 0 spiro atoms. The van der Waals surface area contributed by atoms with Crippen molar-refractivity contribution in [3.05, 3.63) is 59.9 Å². The number of amidine groups is 2. The fourth-order valence-electron chi connectivity index (χ4n) is 3.36. The maximum atomic E-state index is 13.0. The molecule has 0 saturated heterocycles. The van der Waals surface area contributed by atoms with Gasteiger partial charge in [-0.25, -0.2) is 14.3 Å². The van der Waals surface area contributed by atoms with Crippen molar-refractivity contribution in [2.24, 2.45) is 15.9 Å². The van der Waals surface area contributed by atoms with Crippen LogP contribution in [-0.2, 0) is 9.59 Å². The van der Waals surface area contributed by atoms with Crippen LogP contribution in [0.2, 0.25) is 0 Å². The summed E-state index contributed by atoms with van der Waals surface area (Å²) in [6.45, 7) is 4.12. The largest absolute Gasteiger partial charge is 0.325 e. The first-order valence-electron chi connectivity index (χ1n) is 9.70. The van der Waals surface area contributed by atoms with E-state index in [1.54, 1.807) is 0 Å². The van der Waals surface area contributed by atoms with Crippen molar-refractivity contribution in [2.75, 3.05) is 11.1 Å². The van der Waals surface area contributed by atoms with E-state index in [2.05, 4.69) is 29.1 Å². The summed E-state index contributed by atoms with van der Waals surface area (Å²) < 4.78 is 13.0. The molecule has 30 heavy (non-hydrogen) atoms. The highest BCUT2D eigenvalue weighted by molar-refractivity contribution is 8.14. The molecule has 2 amide bonds. The lowest BCUT2D eigenvalue weighted by atomic mass is 10.0. The molecule has 0 bridgehead atoms. The van der Waals surface area contributed by atoms with Crippen LogP contribution < -0.4 is 5.32 Å². The van der Waals surface area contributed by atoms with Crippen molar-refractivity contribution in [1.29, 1.82) is 0 Å². The van der Waals surface area contributed by atoms with Gasteiger partial charge in [-0.05, 0) is 48.7 Å². The van der Waals surface area contributed by atoms with Gasteiger partial charge in [-0.3, -0.25) is 14.6 Å². The summed E-state index contributed by atoms with van der Waals surface area (Å²) in [5.41, 5.74) is 2.05. The number of benzene rings is 2. The normalized spacial score (nSPS) is 17.4. The van der Waals surface area contributed by atoms with E-state index in [1.165, 1.54) is 40.9 Å². The number of nitrogens with zero attached hydrogens (tertiary/aromatic N) is 3. The molecule has 2 aliphatic heterocycles. The fourth-order valence-corrected chi connectivity index (χ4v) is 4.16. The molecule has 6 nitrogen and oxygen atoms in total. The van der Waals surface area contributed by atoms with E-state index in [9.17, 15) is 14.0 Å². The molecule has 0 aromatic heterocycles. The summed E-state index contributed by atoms with van der Waals surface area (Å²) >= 11 is 1.18. The Labute approximate surface area is 178 Å². The molecule has 2 heterocycles. The van der Waals surface area contributed by atoms with E-state index in [-0.39, 0.29) is 23.4 Å². The van der Waals surface area contributed by atoms with Crippen LogP contribution in [0.3, 0.4) is 0 Å². The lowest BCUT2D eigenvalue weighted by Gasteiger charge is -2.25. The summed E-state index contributed by atoms with van der Waals surface area (Å²) in [6.07, 6.45) is 0.657. The number of fused-ring (bicyclic) bond motifs is 3. The van der Waals surface area contributed by atoms with E-state index < -0.39 is 6.04 Å². The smallest absolute Gasteiger partial charge is 0.259 e. The molecule has 0 fully saturated rings. The monoisotopic (exact) mass is 424 g/mol. The van der Waals surface area contributed by atoms with Gasteiger partial charge < -0.3 is 5.32 Å². The third kappa shape index (κ3) is 4.14. The molecule has 1 atom stereocenters. The molecule has 4 rings (SSSR count). The van der Waals surface area contributed by atoms with Crippen LogP contribution in [0.1, 0.15) is 25.8 Å². The molecule has 0 unspecified atom stereocenters. The average molecular weight is 425 g/mol. The highest BCUT2D eigenvalue weighted by Gasteiger charge is 2.41. The second-order valence-corrected chi connectivity index (χ2v) is 8.47. The number of para-hydroxylation sites is 1. The van der Waals surface area contributed by atoms with Gasteiger partial charge in [0, 0.05) is 11.3 Å². The van der Waals surface area contributed by atoms with Gasteiger partial charge in [0.25, 0.3) is 5.91 Å². The predicted octanol–water partition coefficient (Wildman–Crippen LogP) is 4.20.